The number of rotatable bonds is 3. The van der Waals surface area contributed by atoms with Crippen LogP contribution in [0.1, 0.15) is 17.7 Å². The maximum absolute atomic E-state index is 12.3. The van der Waals surface area contributed by atoms with Gasteiger partial charge in [0.05, 0.1) is 6.20 Å². The van der Waals surface area contributed by atoms with Crippen molar-refractivity contribution in [2.24, 2.45) is 7.05 Å². The van der Waals surface area contributed by atoms with Crippen molar-refractivity contribution in [3.05, 3.63) is 17.5 Å². The number of hydrogen-bond acceptors (Lipinski definition) is 2. The molecule has 12 heavy (non-hydrogen) atoms. The molecule has 0 atom stereocenters. The number of aliphatic hydroxyl groups is 1. The third-order valence-corrected chi connectivity index (χ3v) is 1.65. The highest BCUT2D eigenvalue weighted by molar-refractivity contribution is 5.18. The Morgan fingerprint density at radius 3 is 2.83 bits per heavy atom. The molecular weight excluding hydrogens is 166 g/mol. The fourth-order valence-electron chi connectivity index (χ4n) is 1.09. The second-order valence-corrected chi connectivity index (χ2v) is 2.45. The summed E-state index contributed by atoms with van der Waals surface area (Å²) in [6.07, 6.45) is -0.940. The molecule has 0 radical (unpaired) electrons. The van der Waals surface area contributed by atoms with E-state index in [1.165, 1.54) is 13.2 Å². The van der Waals surface area contributed by atoms with Gasteiger partial charge in [0.2, 0.25) is 0 Å². The lowest BCUT2D eigenvalue weighted by molar-refractivity contribution is 0.139. The van der Waals surface area contributed by atoms with Gasteiger partial charge in [-0.25, -0.2) is 8.78 Å². The fraction of sp³-hybridized carbons (Fsp3) is 0.571. The van der Waals surface area contributed by atoms with Crippen LogP contribution in [0.4, 0.5) is 8.78 Å². The van der Waals surface area contributed by atoms with Crippen LogP contribution < -0.4 is 0 Å². The lowest BCUT2D eigenvalue weighted by atomic mass is 10.2. The Bertz CT molecular complexity index is 260. The Hall–Kier alpha value is -0.970. The number of hydrogen-bond donors (Lipinski definition) is 1. The minimum absolute atomic E-state index is 0.107. The van der Waals surface area contributed by atoms with Crippen LogP contribution in [0, 0.1) is 0 Å². The first-order chi connectivity index (χ1) is 5.66. The van der Waals surface area contributed by atoms with Crippen LogP contribution in [0.15, 0.2) is 6.20 Å². The highest BCUT2D eigenvalue weighted by atomic mass is 19.3. The molecular formula is C7H10F2N2O. The lowest BCUT2D eigenvalue weighted by Crippen LogP contribution is -2.02. The Morgan fingerprint density at radius 1 is 1.67 bits per heavy atom. The molecule has 0 spiro atoms. The van der Waals surface area contributed by atoms with E-state index in [1.54, 1.807) is 0 Å². The molecule has 68 valence electrons. The molecule has 0 bridgehead atoms. The minimum Gasteiger partial charge on any atom is -0.396 e. The van der Waals surface area contributed by atoms with Crippen LogP contribution in [0.25, 0.3) is 0 Å². The standard InChI is InChI=1S/C7H10F2N2O/c1-11-6(7(8)9)5(2-3-12)4-10-11/h4,7,12H,2-3H2,1H3. The maximum atomic E-state index is 12.3. The zero-order valence-corrected chi connectivity index (χ0v) is 6.67. The highest BCUT2D eigenvalue weighted by Gasteiger charge is 2.17. The van der Waals surface area contributed by atoms with Crippen molar-refractivity contribution in [2.45, 2.75) is 12.8 Å². The van der Waals surface area contributed by atoms with Gasteiger partial charge in [0.25, 0.3) is 6.43 Å². The van der Waals surface area contributed by atoms with Gasteiger partial charge in [-0.1, -0.05) is 0 Å². The predicted octanol–water partition coefficient (Wildman–Crippen LogP) is 0.892. The summed E-state index contributed by atoms with van der Waals surface area (Å²) in [7, 11) is 1.46. The normalized spacial score (nSPS) is 11.1. The zero-order valence-electron chi connectivity index (χ0n) is 6.67. The first-order valence-electron chi connectivity index (χ1n) is 3.56. The fourth-order valence-corrected chi connectivity index (χ4v) is 1.09. The molecule has 0 aliphatic heterocycles. The smallest absolute Gasteiger partial charge is 0.280 e. The van der Waals surface area contributed by atoms with E-state index in [9.17, 15) is 8.78 Å². The van der Waals surface area contributed by atoms with Crippen LogP contribution in [0.5, 0.6) is 0 Å². The summed E-state index contributed by atoms with van der Waals surface area (Å²) in [6.45, 7) is -0.134. The van der Waals surface area contributed by atoms with Crippen LogP contribution in [0.3, 0.4) is 0 Å². The third kappa shape index (κ3) is 1.61. The molecule has 0 aromatic carbocycles. The summed E-state index contributed by atoms with van der Waals surface area (Å²) in [5.74, 6) is 0. The monoisotopic (exact) mass is 176 g/mol. The van der Waals surface area contributed by atoms with Gasteiger partial charge < -0.3 is 5.11 Å². The van der Waals surface area contributed by atoms with E-state index in [4.69, 9.17) is 5.11 Å². The summed E-state index contributed by atoms with van der Waals surface area (Å²) in [4.78, 5) is 0. The number of halogens is 2. The average molecular weight is 176 g/mol. The summed E-state index contributed by atoms with van der Waals surface area (Å²) in [5, 5.41) is 12.2. The van der Waals surface area contributed by atoms with Crippen molar-refractivity contribution < 1.29 is 13.9 Å². The molecule has 0 unspecified atom stereocenters. The highest BCUT2D eigenvalue weighted by Crippen LogP contribution is 2.21. The van der Waals surface area contributed by atoms with Crippen molar-refractivity contribution >= 4 is 0 Å². The van der Waals surface area contributed by atoms with Crippen LogP contribution in [0.2, 0.25) is 0 Å². The average Bonchev–Trinajstić information content (AvgIpc) is 2.32. The molecule has 0 fully saturated rings. The molecule has 0 saturated heterocycles. The number of aromatic nitrogens is 2. The Balaban J connectivity index is 2.95. The van der Waals surface area contributed by atoms with Gasteiger partial charge in [0, 0.05) is 19.2 Å². The van der Waals surface area contributed by atoms with Gasteiger partial charge in [-0.05, 0) is 6.42 Å². The van der Waals surface area contributed by atoms with E-state index in [2.05, 4.69) is 5.10 Å². The summed E-state index contributed by atoms with van der Waals surface area (Å²) < 4.78 is 25.7. The first-order valence-corrected chi connectivity index (χ1v) is 3.56. The topological polar surface area (TPSA) is 38.0 Å². The Kier molecular flexibility index (Phi) is 2.75. The first kappa shape index (κ1) is 9.12. The van der Waals surface area contributed by atoms with E-state index >= 15 is 0 Å². The second-order valence-electron chi connectivity index (χ2n) is 2.45. The number of aliphatic hydroxyl groups excluding tert-OH is 1. The number of aryl methyl sites for hydroxylation is 1. The molecule has 0 amide bonds. The van der Waals surface area contributed by atoms with E-state index < -0.39 is 6.43 Å². The Morgan fingerprint density at radius 2 is 2.33 bits per heavy atom. The summed E-state index contributed by atoms with van der Waals surface area (Å²) in [6, 6.07) is 0. The maximum Gasteiger partial charge on any atom is 0.280 e. The van der Waals surface area contributed by atoms with Gasteiger partial charge >= 0.3 is 0 Å². The Labute approximate surface area is 68.6 Å². The predicted molar refractivity (Wildman–Crippen MR) is 39.0 cm³/mol. The van der Waals surface area contributed by atoms with Gasteiger partial charge in [-0.3, -0.25) is 4.68 Å². The van der Waals surface area contributed by atoms with E-state index in [-0.39, 0.29) is 18.7 Å². The molecule has 3 nitrogen and oxygen atoms in total. The van der Waals surface area contributed by atoms with E-state index in [0.717, 1.165) is 4.68 Å². The van der Waals surface area contributed by atoms with Crippen molar-refractivity contribution in [1.29, 1.82) is 0 Å². The van der Waals surface area contributed by atoms with Crippen molar-refractivity contribution in [3.8, 4) is 0 Å². The molecule has 1 heterocycles. The van der Waals surface area contributed by atoms with E-state index in [0.29, 0.717) is 5.56 Å². The van der Waals surface area contributed by atoms with Gasteiger partial charge in [0.1, 0.15) is 5.69 Å². The van der Waals surface area contributed by atoms with Crippen molar-refractivity contribution in [1.82, 2.24) is 9.78 Å². The van der Waals surface area contributed by atoms with Gasteiger partial charge in [0.15, 0.2) is 0 Å². The molecule has 1 aromatic heterocycles. The van der Waals surface area contributed by atoms with Crippen molar-refractivity contribution in [3.63, 3.8) is 0 Å². The van der Waals surface area contributed by atoms with Crippen LogP contribution >= 0.6 is 0 Å². The quantitative estimate of drug-likeness (QED) is 0.742. The molecule has 1 aromatic rings. The minimum atomic E-state index is -2.53. The lowest BCUT2D eigenvalue weighted by Gasteiger charge is -2.02. The summed E-state index contributed by atoms with van der Waals surface area (Å²) >= 11 is 0. The molecule has 0 aliphatic carbocycles. The molecule has 0 aliphatic rings. The van der Waals surface area contributed by atoms with E-state index in [1.807, 2.05) is 0 Å². The SMILES string of the molecule is Cn1ncc(CCO)c1C(F)F. The third-order valence-electron chi connectivity index (χ3n) is 1.65. The number of alkyl halides is 2. The molecule has 1 N–H and O–H groups in total. The van der Waals surface area contributed by atoms with Gasteiger partial charge in [-0.15, -0.1) is 0 Å². The molecule has 5 heteroatoms. The van der Waals surface area contributed by atoms with Crippen LogP contribution in [-0.2, 0) is 13.5 Å². The second kappa shape index (κ2) is 3.62. The summed E-state index contributed by atoms with van der Waals surface area (Å²) in [5.41, 5.74) is 0.305. The van der Waals surface area contributed by atoms with Crippen molar-refractivity contribution in [2.75, 3.05) is 6.61 Å². The zero-order chi connectivity index (χ0) is 9.14. The molecule has 1 rings (SSSR count). The van der Waals surface area contributed by atoms with Crippen LogP contribution in [-0.4, -0.2) is 21.5 Å². The van der Waals surface area contributed by atoms with Gasteiger partial charge in [-0.2, -0.15) is 5.10 Å². The number of nitrogens with zero attached hydrogens (tertiary/aromatic N) is 2. The molecule has 0 saturated carbocycles. The largest absolute Gasteiger partial charge is 0.396 e.